The summed E-state index contributed by atoms with van der Waals surface area (Å²) in [5.74, 6) is 0.499. The van der Waals surface area contributed by atoms with Crippen molar-refractivity contribution in [1.82, 2.24) is 4.98 Å². The Morgan fingerprint density at radius 1 is 1.26 bits per heavy atom. The third-order valence-electron chi connectivity index (χ3n) is 3.93. The van der Waals surface area contributed by atoms with Gasteiger partial charge >= 0.3 is 0 Å². The second-order valence-electron chi connectivity index (χ2n) is 5.56. The van der Waals surface area contributed by atoms with Crippen molar-refractivity contribution >= 4 is 0 Å². The van der Waals surface area contributed by atoms with Crippen molar-refractivity contribution in [1.29, 1.82) is 0 Å². The van der Waals surface area contributed by atoms with Crippen LogP contribution < -0.4 is 0 Å². The van der Waals surface area contributed by atoms with Gasteiger partial charge in [0.25, 0.3) is 0 Å². The van der Waals surface area contributed by atoms with Crippen LogP contribution in [0.2, 0.25) is 0 Å². The summed E-state index contributed by atoms with van der Waals surface area (Å²) < 4.78 is 12.9. The Morgan fingerprint density at radius 2 is 2.05 bits per heavy atom. The van der Waals surface area contributed by atoms with Crippen molar-refractivity contribution in [3.05, 3.63) is 64.7 Å². The van der Waals surface area contributed by atoms with Crippen molar-refractivity contribution in [2.24, 2.45) is 5.92 Å². The second kappa shape index (κ2) is 5.12. The number of nitrogens with zero attached hydrogens (tertiary/aromatic N) is 1. The van der Waals surface area contributed by atoms with Gasteiger partial charge in [-0.25, -0.2) is 4.39 Å². The SMILES string of the molecule is Cc1cnc2c(c1)CC(Cc1ccc(F)cc1)CC2. The van der Waals surface area contributed by atoms with Crippen LogP contribution in [-0.2, 0) is 19.3 Å². The number of pyridine rings is 1. The fourth-order valence-electron chi connectivity index (χ4n) is 2.94. The quantitative estimate of drug-likeness (QED) is 0.793. The molecule has 1 aromatic carbocycles. The maximum atomic E-state index is 12.9. The average molecular weight is 255 g/mol. The number of hydrogen-bond acceptors (Lipinski definition) is 1. The molecule has 98 valence electrons. The molecule has 1 nitrogen and oxygen atoms in total. The van der Waals surface area contributed by atoms with Gasteiger partial charge in [0, 0.05) is 11.9 Å². The van der Waals surface area contributed by atoms with Crippen LogP contribution in [0.15, 0.2) is 36.5 Å². The van der Waals surface area contributed by atoms with E-state index >= 15 is 0 Å². The highest BCUT2D eigenvalue weighted by Crippen LogP contribution is 2.27. The summed E-state index contributed by atoms with van der Waals surface area (Å²) in [5, 5.41) is 0. The van der Waals surface area contributed by atoms with Crippen LogP contribution in [0.5, 0.6) is 0 Å². The second-order valence-corrected chi connectivity index (χ2v) is 5.56. The number of fused-ring (bicyclic) bond motifs is 1. The Bertz CT molecular complexity index is 574. The van der Waals surface area contributed by atoms with Crippen LogP contribution in [0.3, 0.4) is 0 Å². The summed E-state index contributed by atoms with van der Waals surface area (Å²) in [5.41, 5.74) is 5.14. The summed E-state index contributed by atoms with van der Waals surface area (Å²) in [6.45, 7) is 2.09. The smallest absolute Gasteiger partial charge is 0.123 e. The molecule has 19 heavy (non-hydrogen) atoms. The number of rotatable bonds is 2. The van der Waals surface area contributed by atoms with Crippen LogP contribution in [0.4, 0.5) is 4.39 Å². The molecular formula is C17H18FN. The van der Waals surface area contributed by atoms with E-state index in [0.29, 0.717) is 5.92 Å². The van der Waals surface area contributed by atoms with Gasteiger partial charge in [0.2, 0.25) is 0 Å². The molecule has 1 aromatic heterocycles. The molecule has 1 atom stereocenters. The first-order chi connectivity index (χ1) is 9.20. The van der Waals surface area contributed by atoms with Gasteiger partial charge < -0.3 is 0 Å². The van der Waals surface area contributed by atoms with E-state index in [2.05, 4.69) is 18.0 Å². The largest absolute Gasteiger partial charge is 0.261 e. The highest BCUT2D eigenvalue weighted by molar-refractivity contribution is 5.28. The molecule has 0 bridgehead atoms. The lowest BCUT2D eigenvalue weighted by Crippen LogP contribution is -2.17. The van der Waals surface area contributed by atoms with Crippen LogP contribution in [0.25, 0.3) is 0 Å². The van der Waals surface area contributed by atoms with Gasteiger partial charge in [-0.15, -0.1) is 0 Å². The standard InChI is InChI=1S/C17H18FN/c1-12-8-15-10-14(4-7-17(15)19-11-12)9-13-2-5-16(18)6-3-13/h2-3,5-6,8,11,14H,4,7,9-10H2,1H3. The fraction of sp³-hybridized carbons (Fsp3) is 0.353. The molecule has 3 rings (SSSR count). The molecule has 2 heteroatoms. The lowest BCUT2D eigenvalue weighted by atomic mass is 9.82. The molecule has 1 unspecified atom stereocenters. The predicted octanol–water partition coefficient (Wildman–Crippen LogP) is 3.88. The summed E-state index contributed by atoms with van der Waals surface area (Å²) in [4.78, 5) is 4.52. The van der Waals surface area contributed by atoms with Crippen molar-refractivity contribution in [2.45, 2.75) is 32.6 Å². The van der Waals surface area contributed by atoms with Crippen molar-refractivity contribution in [3.63, 3.8) is 0 Å². The molecular weight excluding hydrogens is 237 g/mol. The summed E-state index contributed by atoms with van der Waals surface area (Å²) >= 11 is 0. The third kappa shape index (κ3) is 2.83. The van der Waals surface area contributed by atoms with E-state index < -0.39 is 0 Å². The topological polar surface area (TPSA) is 12.9 Å². The van der Waals surface area contributed by atoms with Gasteiger partial charge in [-0.3, -0.25) is 4.98 Å². The van der Waals surface area contributed by atoms with Crippen LogP contribution in [0.1, 0.15) is 28.8 Å². The van der Waals surface area contributed by atoms with E-state index in [4.69, 9.17) is 0 Å². The van der Waals surface area contributed by atoms with Crippen LogP contribution in [0, 0.1) is 18.7 Å². The predicted molar refractivity (Wildman–Crippen MR) is 74.6 cm³/mol. The molecule has 0 radical (unpaired) electrons. The highest BCUT2D eigenvalue weighted by atomic mass is 19.1. The maximum Gasteiger partial charge on any atom is 0.123 e. The van der Waals surface area contributed by atoms with E-state index in [1.54, 1.807) is 12.1 Å². The van der Waals surface area contributed by atoms with Crippen molar-refractivity contribution in [3.8, 4) is 0 Å². The van der Waals surface area contributed by atoms with Crippen molar-refractivity contribution in [2.75, 3.05) is 0 Å². The average Bonchev–Trinajstić information content (AvgIpc) is 2.41. The molecule has 0 saturated carbocycles. The van der Waals surface area contributed by atoms with Gasteiger partial charge in [-0.2, -0.15) is 0 Å². The van der Waals surface area contributed by atoms with E-state index in [0.717, 1.165) is 19.3 Å². The third-order valence-corrected chi connectivity index (χ3v) is 3.93. The van der Waals surface area contributed by atoms with Gasteiger partial charge in [-0.1, -0.05) is 18.2 Å². The molecule has 0 N–H and O–H groups in total. The number of aromatic nitrogens is 1. The zero-order chi connectivity index (χ0) is 13.2. The lowest BCUT2D eigenvalue weighted by molar-refractivity contribution is 0.450. The zero-order valence-electron chi connectivity index (χ0n) is 11.2. The molecule has 0 aliphatic heterocycles. The lowest BCUT2D eigenvalue weighted by Gasteiger charge is -2.24. The zero-order valence-corrected chi connectivity index (χ0v) is 11.2. The molecule has 1 aliphatic carbocycles. The summed E-state index contributed by atoms with van der Waals surface area (Å²) in [7, 11) is 0. The Labute approximate surface area is 113 Å². The van der Waals surface area contributed by atoms with E-state index in [1.807, 2.05) is 18.3 Å². The van der Waals surface area contributed by atoms with Crippen molar-refractivity contribution < 1.29 is 4.39 Å². The Kier molecular flexibility index (Phi) is 3.33. The minimum Gasteiger partial charge on any atom is -0.261 e. The monoisotopic (exact) mass is 255 g/mol. The van der Waals surface area contributed by atoms with Crippen LogP contribution in [-0.4, -0.2) is 4.98 Å². The minimum absolute atomic E-state index is 0.155. The molecule has 0 amide bonds. The maximum absolute atomic E-state index is 12.9. The molecule has 0 spiro atoms. The molecule has 0 fully saturated rings. The Hall–Kier alpha value is -1.70. The Morgan fingerprint density at radius 3 is 2.84 bits per heavy atom. The molecule has 0 saturated heterocycles. The van der Waals surface area contributed by atoms with Gasteiger partial charge in [-0.05, 0) is 67.3 Å². The number of halogens is 1. The first-order valence-electron chi connectivity index (χ1n) is 6.89. The Balaban J connectivity index is 1.73. The summed E-state index contributed by atoms with van der Waals surface area (Å²) in [6, 6.07) is 9.17. The normalized spacial score (nSPS) is 18.1. The first kappa shape index (κ1) is 12.3. The van der Waals surface area contributed by atoms with Gasteiger partial charge in [0.15, 0.2) is 0 Å². The van der Waals surface area contributed by atoms with E-state index in [9.17, 15) is 4.39 Å². The number of hydrogen-bond donors (Lipinski definition) is 0. The number of benzene rings is 1. The minimum atomic E-state index is -0.155. The van der Waals surface area contributed by atoms with E-state index in [1.165, 1.54) is 28.8 Å². The van der Waals surface area contributed by atoms with Gasteiger partial charge in [0.05, 0.1) is 0 Å². The number of aryl methyl sites for hydroxylation is 2. The molecule has 2 aromatic rings. The summed E-state index contributed by atoms with van der Waals surface area (Å²) in [6.07, 6.45) is 6.34. The fourth-order valence-corrected chi connectivity index (χ4v) is 2.94. The molecule has 1 aliphatic rings. The highest BCUT2D eigenvalue weighted by Gasteiger charge is 2.19. The van der Waals surface area contributed by atoms with Gasteiger partial charge in [0.1, 0.15) is 5.82 Å². The molecule has 1 heterocycles. The first-order valence-corrected chi connectivity index (χ1v) is 6.89. The van der Waals surface area contributed by atoms with Crippen LogP contribution >= 0.6 is 0 Å². The van der Waals surface area contributed by atoms with E-state index in [-0.39, 0.29) is 5.82 Å².